The molecule has 0 radical (unpaired) electrons. The van der Waals surface area contributed by atoms with E-state index in [9.17, 15) is 14.7 Å². The van der Waals surface area contributed by atoms with Crippen LogP contribution in [0.1, 0.15) is 36.1 Å². The first-order chi connectivity index (χ1) is 17.4. The third-order valence-corrected chi connectivity index (χ3v) is 6.69. The van der Waals surface area contributed by atoms with Gasteiger partial charge in [0.05, 0.1) is 38.5 Å². The molecule has 2 saturated heterocycles. The lowest BCUT2D eigenvalue weighted by Crippen LogP contribution is -2.38. The smallest absolute Gasteiger partial charge is 0.295 e. The molecule has 1 atom stereocenters. The third kappa shape index (κ3) is 5.39. The molecule has 0 aromatic heterocycles. The van der Waals surface area contributed by atoms with Gasteiger partial charge in [0.25, 0.3) is 11.7 Å². The van der Waals surface area contributed by atoms with Gasteiger partial charge in [-0.3, -0.25) is 14.5 Å². The molecule has 4 rings (SSSR count). The second-order valence-electron chi connectivity index (χ2n) is 8.99. The van der Waals surface area contributed by atoms with Crippen molar-refractivity contribution in [1.82, 2.24) is 9.80 Å². The van der Waals surface area contributed by atoms with Crippen LogP contribution in [0, 0.1) is 6.92 Å². The van der Waals surface area contributed by atoms with Crippen molar-refractivity contribution < 1.29 is 28.9 Å². The molecule has 0 saturated carbocycles. The molecule has 2 aromatic carbocycles. The van der Waals surface area contributed by atoms with Gasteiger partial charge in [0, 0.05) is 31.7 Å². The zero-order chi connectivity index (χ0) is 25.7. The van der Waals surface area contributed by atoms with E-state index in [2.05, 4.69) is 4.90 Å². The summed E-state index contributed by atoms with van der Waals surface area (Å²) in [6.45, 7) is 8.65. The molecule has 0 bridgehead atoms. The first kappa shape index (κ1) is 25.7. The Morgan fingerprint density at radius 2 is 1.81 bits per heavy atom. The van der Waals surface area contributed by atoms with E-state index in [1.165, 1.54) is 0 Å². The summed E-state index contributed by atoms with van der Waals surface area (Å²) >= 11 is 0. The van der Waals surface area contributed by atoms with Crippen molar-refractivity contribution in [2.45, 2.75) is 26.3 Å². The molecule has 2 aliphatic rings. The Hall–Kier alpha value is -3.36. The highest BCUT2D eigenvalue weighted by molar-refractivity contribution is 6.46. The molecule has 2 aromatic rings. The lowest BCUT2D eigenvalue weighted by atomic mass is 9.94. The monoisotopic (exact) mass is 494 g/mol. The molecule has 0 aliphatic carbocycles. The molecular formula is C28H34N2O6. The number of likely N-dealkylation sites (tertiary alicyclic amines) is 1. The third-order valence-electron chi connectivity index (χ3n) is 6.69. The number of rotatable bonds is 9. The van der Waals surface area contributed by atoms with Crippen LogP contribution < -0.4 is 9.47 Å². The number of hydrogen-bond donors (Lipinski definition) is 1. The Labute approximate surface area is 212 Å². The average Bonchev–Trinajstić information content (AvgIpc) is 3.14. The van der Waals surface area contributed by atoms with E-state index in [1.54, 1.807) is 30.2 Å². The number of amides is 1. The number of carbonyl (C=O) groups is 2. The molecule has 1 amide bonds. The molecule has 192 valence electrons. The van der Waals surface area contributed by atoms with E-state index in [0.29, 0.717) is 49.8 Å². The Morgan fingerprint density at radius 3 is 2.44 bits per heavy atom. The number of ketones is 1. The highest BCUT2D eigenvalue weighted by Crippen LogP contribution is 2.40. The minimum absolute atomic E-state index is 0.0973. The molecule has 8 nitrogen and oxygen atoms in total. The van der Waals surface area contributed by atoms with Gasteiger partial charge in [0.1, 0.15) is 17.3 Å². The minimum Gasteiger partial charge on any atom is -0.507 e. The molecule has 8 heteroatoms. The van der Waals surface area contributed by atoms with E-state index in [-0.39, 0.29) is 11.3 Å². The number of Topliss-reactive ketones (excluding diaryl/α,β-unsaturated/α-hetero) is 1. The number of methoxy groups -OCH3 is 1. The lowest BCUT2D eigenvalue weighted by Gasteiger charge is -2.29. The summed E-state index contributed by atoms with van der Waals surface area (Å²) in [5.74, 6) is -0.0722. The predicted molar refractivity (Wildman–Crippen MR) is 136 cm³/mol. The van der Waals surface area contributed by atoms with Crippen LogP contribution in [0.15, 0.2) is 48.0 Å². The van der Waals surface area contributed by atoms with Gasteiger partial charge in [-0.2, -0.15) is 0 Å². The number of nitrogens with zero attached hydrogens (tertiary/aromatic N) is 2. The predicted octanol–water partition coefficient (Wildman–Crippen LogP) is 3.55. The van der Waals surface area contributed by atoms with Crippen LogP contribution >= 0.6 is 0 Å². The Morgan fingerprint density at radius 1 is 1.08 bits per heavy atom. The van der Waals surface area contributed by atoms with Gasteiger partial charge >= 0.3 is 0 Å². The Kier molecular flexibility index (Phi) is 8.28. The summed E-state index contributed by atoms with van der Waals surface area (Å²) in [5.41, 5.74) is 2.13. The Balaban J connectivity index is 1.68. The SMILES string of the molecule is CCOc1ccc(C2/C(=C(/O)c3ccc(OC)c(C)c3)C(=O)C(=O)N2CCCN2CCOCC2)cc1. The molecule has 1 unspecified atom stereocenters. The molecule has 0 spiro atoms. The van der Waals surface area contributed by atoms with Gasteiger partial charge in [-0.1, -0.05) is 12.1 Å². The fourth-order valence-corrected chi connectivity index (χ4v) is 4.84. The van der Waals surface area contributed by atoms with Crippen molar-refractivity contribution in [2.24, 2.45) is 0 Å². The molecular weight excluding hydrogens is 460 g/mol. The van der Waals surface area contributed by atoms with Crippen LogP contribution in [0.2, 0.25) is 0 Å². The van der Waals surface area contributed by atoms with Gasteiger partial charge in [-0.15, -0.1) is 0 Å². The van der Waals surface area contributed by atoms with Crippen molar-refractivity contribution in [3.8, 4) is 11.5 Å². The van der Waals surface area contributed by atoms with Crippen molar-refractivity contribution >= 4 is 17.4 Å². The number of aliphatic hydroxyl groups excluding tert-OH is 1. The maximum Gasteiger partial charge on any atom is 0.295 e. The fourth-order valence-electron chi connectivity index (χ4n) is 4.84. The Bertz CT molecular complexity index is 1120. The first-order valence-electron chi connectivity index (χ1n) is 12.4. The molecule has 36 heavy (non-hydrogen) atoms. The van der Waals surface area contributed by atoms with E-state index in [1.807, 2.05) is 38.1 Å². The van der Waals surface area contributed by atoms with Gasteiger partial charge < -0.3 is 24.2 Å². The van der Waals surface area contributed by atoms with Crippen LogP contribution in [-0.4, -0.2) is 79.7 Å². The highest BCUT2D eigenvalue weighted by Gasteiger charge is 2.45. The van der Waals surface area contributed by atoms with E-state index in [4.69, 9.17) is 14.2 Å². The number of carbonyl (C=O) groups excluding carboxylic acids is 2. The van der Waals surface area contributed by atoms with Crippen molar-refractivity contribution in [3.05, 3.63) is 64.7 Å². The second-order valence-corrected chi connectivity index (χ2v) is 8.99. The quantitative estimate of drug-likeness (QED) is 0.324. The van der Waals surface area contributed by atoms with E-state index < -0.39 is 17.7 Å². The molecule has 2 fully saturated rings. The molecule has 2 heterocycles. The number of ether oxygens (including phenoxy) is 3. The summed E-state index contributed by atoms with van der Waals surface area (Å²) in [4.78, 5) is 30.4. The van der Waals surface area contributed by atoms with Gasteiger partial charge in [0.15, 0.2) is 0 Å². The van der Waals surface area contributed by atoms with Crippen LogP contribution in [0.3, 0.4) is 0 Å². The molecule has 2 aliphatic heterocycles. The summed E-state index contributed by atoms with van der Waals surface area (Å²) in [7, 11) is 1.58. The second kappa shape index (κ2) is 11.6. The molecule has 1 N–H and O–H groups in total. The maximum atomic E-state index is 13.3. The van der Waals surface area contributed by atoms with Gasteiger partial charge in [0.2, 0.25) is 0 Å². The van der Waals surface area contributed by atoms with Crippen LogP contribution in [0.25, 0.3) is 5.76 Å². The largest absolute Gasteiger partial charge is 0.507 e. The standard InChI is InChI=1S/C28H34N2O6/c1-4-36-22-9-6-20(7-10-22)25-24(26(31)21-8-11-23(34-3)19(2)18-21)27(32)28(33)30(25)13-5-12-29-14-16-35-17-15-29/h6-11,18,25,31H,4-5,12-17H2,1-3H3/b26-24-. The highest BCUT2D eigenvalue weighted by atomic mass is 16.5. The zero-order valence-electron chi connectivity index (χ0n) is 21.2. The number of benzene rings is 2. The average molecular weight is 495 g/mol. The number of hydrogen-bond acceptors (Lipinski definition) is 7. The zero-order valence-corrected chi connectivity index (χ0v) is 21.2. The van der Waals surface area contributed by atoms with Crippen molar-refractivity contribution in [3.63, 3.8) is 0 Å². The number of aryl methyl sites for hydroxylation is 1. The van der Waals surface area contributed by atoms with Crippen LogP contribution in [0.5, 0.6) is 11.5 Å². The summed E-state index contributed by atoms with van der Waals surface area (Å²) in [6, 6.07) is 11.9. The van der Waals surface area contributed by atoms with Crippen molar-refractivity contribution in [2.75, 3.05) is 53.1 Å². The van der Waals surface area contributed by atoms with E-state index in [0.717, 1.165) is 30.8 Å². The van der Waals surface area contributed by atoms with Gasteiger partial charge in [-0.25, -0.2) is 0 Å². The maximum absolute atomic E-state index is 13.3. The topological polar surface area (TPSA) is 88.5 Å². The summed E-state index contributed by atoms with van der Waals surface area (Å²) < 4.78 is 16.3. The number of morpholine rings is 1. The number of aliphatic hydroxyl groups is 1. The van der Waals surface area contributed by atoms with Crippen LogP contribution in [0.4, 0.5) is 0 Å². The van der Waals surface area contributed by atoms with Gasteiger partial charge in [-0.05, 0) is 61.7 Å². The van der Waals surface area contributed by atoms with E-state index >= 15 is 0 Å². The normalized spacial score (nSPS) is 20.1. The lowest BCUT2D eigenvalue weighted by molar-refractivity contribution is -0.140. The fraction of sp³-hybridized carbons (Fsp3) is 0.429. The summed E-state index contributed by atoms with van der Waals surface area (Å²) in [5, 5.41) is 11.3. The van der Waals surface area contributed by atoms with Crippen LogP contribution in [-0.2, 0) is 14.3 Å². The first-order valence-corrected chi connectivity index (χ1v) is 12.4. The minimum atomic E-state index is -0.687. The summed E-state index contributed by atoms with van der Waals surface area (Å²) in [6.07, 6.45) is 0.711. The van der Waals surface area contributed by atoms with Crippen molar-refractivity contribution in [1.29, 1.82) is 0 Å².